The van der Waals surface area contributed by atoms with Crippen molar-refractivity contribution in [1.82, 2.24) is 15.5 Å². The van der Waals surface area contributed by atoms with Gasteiger partial charge in [-0.25, -0.2) is 4.79 Å². The van der Waals surface area contributed by atoms with Gasteiger partial charge in [-0.3, -0.25) is 4.79 Å². The first-order chi connectivity index (χ1) is 11.8. The number of urea groups is 1. The van der Waals surface area contributed by atoms with Crippen LogP contribution in [-0.2, 0) is 11.3 Å². The number of rotatable bonds is 5. The van der Waals surface area contributed by atoms with Crippen molar-refractivity contribution in [3.05, 3.63) is 35.4 Å². The molecular weight excluding hydrogens is 314 g/mol. The van der Waals surface area contributed by atoms with Gasteiger partial charge < -0.3 is 15.5 Å². The first kappa shape index (κ1) is 19.3. The van der Waals surface area contributed by atoms with Crippen LogP contribution in [0.25, 0.3) is 0 Å². The number of hydrogen-bond donors (Lipinski definition) is 2. The highest BCUT2D eigenvalue weighted by atomic mass is 16.2. The van der Waals surface area contributed by atoms with Crippen molar-refractivity contribution in [2.24, 2.45) is 11.3 Å². The van der Waals surface area contributed by atoms with Crippen LogP contribution in [0.15, 0.2) is 24.3 Å². The third-order valence-corrected chi connectivity index (χ3v) is 4.77. The summed E-state index contributed by atoms with van der Waals surface area (Å²) in [5.41, 5.74) is 1.76. The number of benzene rings is 1. The second kappa shape index (κ2) is 8.37. The molecule has 5 nitrogen and oxygen atoms in total. The summed E-state index contributed by atoms with van der Waals surface area (Å²) in [6.45, 7) is 10.5. The lowest BCUT2D eigenvalue weighted by molar-refractivity contribution is -0.132. The van der Waals surface area contributed by atoms with Crippen LogP contribution >= 0.6 is 0 Å². The molecular formula is C20H31N3O2. The van der Waals surface area contributed by atoms with E-state index in [9.17, 15) is 9.59 Å². The molecule has 1 heterocycles. The smallest absolute Gasteiger partial charge is 0.317 e. The molecule has 2 rings (SSSR count). The number of aryl methyl sites for hydroxylation is 1. The Hall–Kier alpha value is -2.04. The first-order valence-electron chi connectivity index (χ1n) is 9.17. The van der Waals surface area contributed by atoms with Gasteiger partial charge in [0.25, 0.3) is 0 Å². The van der Waals surface area contributed by atoms with E-state index in [0.29, 0.717) is 32.1 Å². The molecule has 0 spiro atoms. The number of nitrogens with one attached hydrogen (secondary N) is 2. The molecule has 1 aliphatic heterocycles. The summed E-state index contributed by atoms with van der Waals surface area (Å²) in [4.78, 5) is 26.8. The average molecular weight is 345 g/mol. The minimum Gasteiger partial charge on any atom is -0.351 e. The summed E-state index contributed by atoms with van der Waals surface area (Å²) in [6, 6.07) is 8.09. The summed E-state index contributed by atoms with van der Waals surface area (Å²) in [7, 11) is 0. The van der Waals surface area contributed by atoms with Gasteiger partial charge in [-0.2, -0.15) is 0 Å². The fourth-order valence-corrected chi connectivity index (χ4v) is 3.10. The van der Waals surface area contributed by atoms with Crippen LogP contribution in [0.4, 0.5) is 4.79 Å². The van der Waals surface area contributed by atoms with Crippen molar-refractivity contribution >= 4 is 11.9 Å². The van der Waals surface area contributed by atoms with Crippen LogP contribution in [0.2, 0.25) is 0 Å². The highest BCUT2D eigenvalue weighted by molar-refractivity contribution is 5.84. The molecule has 1 fully saturated rings. The van der Waals surface area contributed by atoms with Gasteiger partial charge in [0.05, 0.1) is 5.41 Å². The van der Waals surface area contributed by atoms with Gasteiger partial charge in [0.15, 0.2) is 0 Å². The van der Waals surface area contributed by atoms with Gasteiger partial charge in [0, 0.05) is 26.2 Å². The Bertz CT molecular complexity index is 597. The molecule has 0 bridgehead atoms. The van der Waals surface area contributed by atoms with E-state index in [1.807, 2.05) is 38.1 Å². The molecule has 1 atom stereocenters. The van der Waals surface area contributed by atoms with Gasteiger partial charge >= 0.3 is 6.03 Å². The summed E-state index contributed by atoms with van der Waals surface area (Å²) >= 11 is 0. The Balaban J connectivity index is 1.90. The lowest BCUT2D eigenvalue weighted by Gasteiger charge is -2.39. The van der Waals surface area contributed by atoms with E-state index < -0.39 is 5.41 Å². The monoisotopic (exact) mass is 345 g/mol. The predicted molar refractivity (Wildman–Crippen MR) is 100 cm³/mol. The Kier molecular flexibility index (Phi) is 6.45. The molecule has 138 valence electrons. The van der Waals surface area contributed by atoms with Crippen LogP contribution < -0.4 is 10.6 Å². The molecule has 5 heteroatoms. The van der Waals surface area contributed by atoms with Crippen LogP contribution in [-0.4, -0.2) is 36.5 Å². The van der Waals surface area contributed by atoms with E-state index >= 15 is 0 Å². The first-order valence-corrected chi connectivity index (χ1v) is 9.17. The number of carbonyl (C=O) groups excluding carboxylic acids is 2. The molecule has 0 saturated carbocycles. The number of likely N-dealkylation sites (tertiary alicyclic amines) is 1. The molecule has 2 N–H and O–H groups in total. The summed E-state index contributed by atoms with van der Waals surface area (Å²) < 4.78 is 0. The van der Waals surface area contributed by atoms with Crippen molar-refractivity contribution in [3.8, 4) is 0 Å². The van der Waals surface area contributed by atoms with E-state index in [-0.39, 0.29) is 11.9 Å². The fourth-order valence-electron chi connectivity index (χ4n) is 3.10. The van der Waals surface area contributed by atoms with Gasteiger partial charge in [-0.1, -0.05) is 43.7 Å². The Morgan fingerprint density at radius 1 is 1.20 bits per heavy atom. The highest BCUT2D eigenvalue weighted by Crippen LogP contribution is 2.30. The fraction of sp³-hybridized carbons (Fsp3) is 0.600. The molecule has 0 aliphatic carbocycles. The number of carbonyl (C=O) groups is 2. The molecule has 3 amide bonds. The predicted octanol–water partition coefficient (Wildman–Crippen LogP) is 3.08. The van der Waals surface area contributed by atoms with E-state index in [2.05, 4.69) is 24.5 Å². The Morgan fingerprint density at radius 2 is 1.88 bits per heavy atom. The SMILES string of the molecule is Cc1ccc(CNC(=O)C2(C)CCCN(C(=O)NCC(C)C)C2)cc1. The van der Waals surface area contributed by atoms with Crippen molar-refractivity contribution < 1.29 is 9.59 Å². The molecule has 1 unspecified atom stereocenters. The molecule has 1 aromatic rings. The number of nitrogens with zero attached hydrogens (tertiary/aromatic N) is 1. The van der Waals surface area contributed by atoms with Gasteiger partial charge in [-0.05, 0) is 38.2 Å². The normalized spacial score (nSPS) is 20.4. The second-order valence-electron chi connectivity index (χ2n) is 7.83. The van der Waals surface area contributed by atoms with Gasteiger partial charge in [0.2, 0.25) is 5.91 Å². The third-order valence-electron chi connectivity index (χ3n) is 4.77. The topological polar surface area (TPSA) is 61.4 Å². The molecule has 25 heavy (non-hydrogen) atoms. The molecule has 0 radical (unpaired) electrons. The maximum Gasteiger partial charge on any atom is 0.317 e. The van der Waals surface area contributed by atoms with Crippen LogP contribution in [0.3, 0.4) is 0 Å². The number of amides is 3. The minimum absolute atomic E-state index is 0.0226. The van der Waals surface area contributed by atoms with Crippen molar-refractivity contribution in [2.45, 2.75) is 47.1 Å². The minimum atomic E-state index is -0.530. The zero-order chi connectivity index (χ0) is 18.4. The molecule has 1 aliphatic rings. The third kappa shape index (κ3) is 5.48. The maximum atomic E-state index is 12.7. The molecule has 0 aromatic heterocycles. The lowest BCUT2D eigenvalue weighted by Crippen LogP contribution is -2.54. The quantitative estimate of drug-likeness (QED) is 0.861. The van der Waals surface area contributed by atoms with Crippen molar-refractivity contribution in [2.75, 3.05) is 19.6 Å². The summed E-state index contributed by atoms with van der Waals surface area (Å²) in [5, 5.41) is 5.99. The van der Waals surface area contributed by atoms with Crippen LogP contribution in [0, 0.1) is 18.3 Å². The second-order valence-corrected chi connectivity index (χ2v) is 7.83. The molecule has 1 aromatic carbocycles. The van der Waals surface area contributed by atoms with Crippen LogP contribution in [0.1, 0.15) is 44.7 Å². The van der Waals surface area contributed by atoms with Crippen molar-refractivity contribution in [1.29, 1.82) is 0 Å². The highest BCUT2D eigenvalue weighted by Gasteiger charge is 2.39. The molecule has 1 saturated heterocycles. The largest absolute Gasteiger partial charge is 0.351 e. The Labute approximate surface area is 151 Å². The van der Waals surface area contributed by atoms with E-state index in [1.165, 1.54) is 5.56 Å². The van der Waals surface area contributed by atoms with E-state index in [1.54, 1.807) is 4.90 Å². The number of hydrogen-bond acceptors (Lipinski definition) is 2. The van der Waals surface area contributed by atoms with E-state index in [4.69, 9.17) is 0 Å². The lowest BCUT2D eigenvalue weighted by atomic mass is 9.81. The van der Waals surface area contributed by atoms with Gasteiger partial charge in [0.1, 0.15) is 0 Å². The summed E-state index contributed by atoms with van der Waals surface area (Å²) in [6.07, 6.45) is 1.66. The summed E-state index contributed by atoms with van der Waals surface area (Å²) in [5.74, 6) is 0.437. The zero-order valence-electron chi connectivity index (χ0n) is 15.9. The van der Waals surface area contributed by atoms with Crippen LogP contribution in [0.5, 0.6) is 0 Å². The average Bonchev–Trinajstić information content (AvgIpc) is 2.58. The van der Waals surface area contributed by atoms with Crippen molar-refractivity contribution in [3.63, 3.8) is 0 Å². The zero-order valence-corrected chi connectivity index (χ0v) is 15.9. The standard InChI is InChI=1S/C20H31N3O2/c1-15(2)12-22-19(25)23-11-5-10-20(4,14-23)18(24)21-13-17-8-6-16(3)7-9-17/h6-9,15H,5,10-14H2,1-4H3,(H,21,24)(H,22,25). The maximum absolute atomic E-state index is 12.7. The van der Waals surface area contributed by atoms with E-state index in [0.717, 1.165) is 18.4 Å². The Morgan fingerprint density at radius 3 is 2.52 bits per heavy atom. The van der Waals surface area contributed by atoms with Gasteiger partial charge in [-0.15, -0.1) is 0 Å². The number of piperidine rings is 1.